The third-order valence-corrected chi connectivity index (χ3v) is 3.43. The summed E-state index contributed by atoms with van der Waals surface area (Å²) in [5.74, 6) is -0.155. The molecule has 94 valence electrons. The Morgan fingerprint density at radius 1 is 1.47 bits per heavy atom. The highest BCUT2D eigenvalue weighted by molar-refractivity contribution is 5.48. The lowest BCUT2D eigenvalue weighted by atomic mass is 10.2. The van der Waals surface area contributed by atoms with E-state index in [2.05, 4.69) is 9.80 Å². The highest BCUT2D eigenvalue weighted by atomic mass is 19.1. The fourth-order valence-electron chi connectivity index (χ4n) is 2.37. The molecule has 1 unspecified atom stereocenters. The van der Waals surface area contributed by atoms with E-state index in [9.17, 15) is 4.39 Å². The number of likely N-dealkylation sites (N-methyl/N-ethyl adjacent to an activating group) is 1. The molecule has 1 N–H and O–H groups in total. The molecule has 0 spiro atoms. The molecule has 1 heterocycles. The lowest BCUT2D eigenvalue weighted by molar-refractivity contribution is 0.188. The molecule has 0 amide bonds. The zero-order valence-electron chi connectivity index (χ0n) is 10.1. The quantitative estimate of drug-likeness (QED) is 0.857. The van der Waals surface area contributed by atoms with Crippen LogP contribution in [-0.4, -0.2) is 49.3 Å². The first-order valence-corrected chi connectivity index (χ1v) is 6.03. The summed E-state index contributed by atoms with van der Waals surface area (Å²) < 4.78 is 13.6. The summed E-state index contributed by atoms with van der Waals surface area (Å²) in [4.78, 5) is 4.22. The predicted molar refractivity (Wildman–Crippen MR) is 66.7 cm³/mol. The van der Waals surface area contributed by atoms with E-state index in [1.807, 2.05) is 19.2 Å². The minimum Gasteiger partial charge on any atom is -0.395 e. The molecule has 1 aliphatic rings. The first kappa shape index (κ1) is 12.3. The third-order valence-electron chi connectivity index (χ3n) is 3.43. The van der Waals surface area contributed by atoms with Gasteiger partial charge in [0.2, 0.25) is 0 Å². The molecule has 1 aromatic rings. The summed E-state index contributed by atoms with van der Waals surface area (Å²) in [6.45, 7) is 2.56. The fraction of sp³-hybridized carbons (Fsp3) is 0.538. The number of hydrogen-bond acceptors (Lipinski definition) is 3. The standard InChI is InChI=1S/C13H19FN2O/c1-15(8-9-17)11-6-7-16(10-11)13-5-3-2-4-12(13)14/h2-5,11,17H,6-10H2,1H3. The maximum absolute atomic E-state index is 13.6. The summed E-state index contributed by atoms with van der Waals surface area (Å²) in [5.41, 5.74) is 0.687. The van der Waals surface area contributed by atoms with Crippen LogP contribution in [0.25, 0.3) is 0 Å². The normalized spacial score (nSPS) is 20.2. The van der Waals surface area contributed by atoms with Gasteiger partial charge >= 0.3 is 0 Å². The fourth-order valence-corrected chi connectivity index (χ4v) is 2.37. The maximum Gasteiger partial charge on any atom is 0.146 e. The number of hydrogen-bond donors (Lipinski definition) is 1. The highest BCUT2D eigenvalue weighted by Gasteiger charge is 2.26. The molecule has 0 aromatic heterocycles. The van der Waals surface area contributed by atoms with Gasteiger partial charge in [0, 0.05) is 25.7 Å². The first-order chi connectivity index (χ1) is 8.22. The van der Waals surface area contributed by atoms with Gasteiger partial charge in [-0.05, 0) is 25.6 Å². The Morgan fingerprint density at radius 3 is 2.94 bits per heavy atom. The molecule has 4 heteroatoms. The predicted octanol–water partition coefficient (Wildman–Crippen LogP) is 1.33. The topological polar surface area (TPSA) is 26.7 Å². The summed E-state index contributed by atoms with van der Waals surface area (Å²) in [6.07, 6.45) is 1.02. The third kappa shape index (κ3) is 2.76. The van der Waals surface area contributed by atoms with Crippen LogP contribution in [0.15, 0.2) is 24.3 Å². The molecule has 1 aromatic carbocycles. The van der Waals surface area contributed by atoms with Gasteiger partial charge < -0.3 is 10.0 Å². The molecule has 1 aliphatic heterocycles. The number of anilines is 1. The van der Waals surface area contributed by atoms with E-state index in [1.54, 1.807) is 6.07 Å². The molecule has 1 atom stereocenters. The van der Waals surface area contributed by atoms with Gasteiger partial charge in [0.25, 0.3) is 0 Å². The van der Waals surface area contributed by atoms with Crippen molar-refractivity contribution in [1.29, 1.82) is 0 Å². The Balaban J connectivity index is 2.00. The van der Waals surface area contributed by atoms with Gasteiger partial charge in [0.1, 0.15) is 5.82 Å². The molecule has 0 aliphatic carbocycles. The number of aliphatic hydroxyl groups is 1. The van der Waals surface area contributed by atoms with E-state index in [1.165, 1.54) is 6.07 Å². The highest BCUT2D eigenvalue weighted by Crippen LogP contribution is 2.24. The minimum absolute atomic E-state index is 0.155. The largest absolute Gasteiger partial charge is 0.395 e. The van der Waals surface area contributed by atoms with Crippen molar-refractivity contribution >= 4 is 5.69 Å². The molecule has 0 saturated carbocycles. The SMILES string of the molecule is CN(CCO)C1CCN(c2ccccc2F)C1. The molecule has 17 heavy (non-hydrogen) atoms. The lowest BCUT2D eigenvalue weighted by Crippen LogP contribution is -2.36. The van der Waals surface area contributed by atoms with E-state index in [4.69, 9.17) is 5.11 Å². The lowest BCUT2D eigenvalue weighted by Gasteiger charge is -2.24. The van der Waals surface area contributed by atoms with Crippen LogP contribution in [0.5, 0.6) is 0 Å². The number of nitrogens with zero attached hydrogens (tertiary/aromatic N) is 2. The van der Waals surface area contributed by atoms with Crippen molar-refractivity contribution in [2.75, 3.05) is 38.2 Å². The molecule has 1 saturated heterocycles. The summed E-state index contributed by atoms with van der Waals surface area (Å²) >= 11 is 0. The number of rotatable bonds is 4. The van der Waals surface area contributed by atoms with Crippen LogP contribution in [0.4, 0.5) is 10.1 Å². The van der Waals surface area contributed by atoms with E-state index in [-0.39, 0.29) is 12.4 Å². The van der Waals surface area contributed by atoms with Crippen LogP contribution >= 0.6 is 0 Å². The Bertz CT molecular complexity index is 372. The maximum atomic E-state index is 13.6. The molecule has 0 bridgehead atoms. The average Bonchev–Trinajstić information content (AvgIpc) is 2.79. The zero-order chi connectivity index (χ0) is 12.3. The van der Waals surface area contributed by atoms with Gasteiger partial charge in [-0.1, -0.05) is 12.1 Å². The second-order valence-corrected chi connectivity index (χ2v) is 4.54. The average molecular weight is 238 g/mol. The van der Waals surface area contributed by atoms with Crippen molar-refractivity contribution in [3.05, 3.63) is 30.1 Å². The van der Waals surface area contributed by atoms with Gasteiger partial charge in [-0.2, -0.15) is 0 Å². The molecule has 1 fully saturated rings. The summed E-state index contributed by atoms with van der Waals surface area (Å²) in [5, 5.41) is 8.91. The summed E-state index contributed by atoms with van der Waals surface area (Å²) in [7, 11) is 2.01. The van der Waals surface area contributed by atoms with Gasteiger partial charge in [-0.25, -0.2) is 4.39 Å². The van der Waals surface area contributed by atoms with Crippen molar-refractivity contribution in [2.24, 2.45) is 0 Å². The van der Waals surface area contributed by atoms with E-state index in [0.717, 1.165) is 19.5 Å². The van der Waals surface area contributed by atoms with Crippen LogP contribution in [0.1, 0.15) is 6.42 Å². The van der Waals surface area contributed by atoms with Crippen LogP contribution in [0.3, 0.4) is 0 Å². The Morgan fingerprint density at radius 2 is 2.24 bits per heavy atom. The van der Waals surface area contributed by atoms with Crippen LogP contribution in [0, 0.1) is 5.82 Å². The van der Waals surface area contributed by atoms with Crippen LogP contribution in [0.2, 0.25) is 0 Å². The van der Waals surface area contributed by atoms with Gasteiger partial charge in [-0.3, -0.25) is 4.90 Å². The number of aliphatic hydroxyl groups excluding tert-OH is 1. The minimum atomic E-state index is -0.155. The smallest absolute Gasteiger partial charge is 0.146 e. The van der Waals surface area contributed by atoms with Crippen molar-refractivity contribution in [2.45, 2.75) is 12.5 Å². The molecule has 2 rings (SSSR count). The molecule has 0 radical (unpaired) electrons. The second kappa shape index (κ2) is 5.47. The second-order valence-electron chi connectivity index (χ2n) is 4.54. The van der Waals surface area contributed by atoms with Crippen molar-refractivity contribution in [3.8, 4) is 0 Å². The Kier molecular flexibility index (Phi) is 3.97. The zero-order valence-corrected chi connectivity index (χ0v) is 10.1. The first-order valence-electron chi connectivity index (χ1n) is 6.03. The van der Waals surface area contributed by atoms with Crippen LogP contribution < -0.4 is 4.90 Å². The molecule has 3 nitrogen and oxygen atoms in total. The van der Waals surface area contributed by atoms with Crippen molar-refractivity contribution in [1.82, 2.24) is 4.90 Å². The monoisotopic (exact) mass is 238 g/mol. The van der Waals surface area contributed by atoms with Gasteiger partial charge in [-0.15, -0.1) is 0 Å². The van der Waals surface area contributed by atoms with Crippen molar-refractivity contribution < 1.29 is 9.50 Å². The summed E-state index contributed by atoms with van der Waals surface area (Å²) in [6, 6.07) is 7.30. The van der Waals surface area contributed by atoms with E-state index in [0.29, 0.717) is 18.3 Å². The van der Waals surface area contributed by atoms with E-state index < -0.39 is 0 Å². The number of para-hydroxylation sites is 1. The number of halogens is 1. The van der Waals surface area contributed by atoms with Gasteiger partial charge in [0.05, 0.1) is 12.3 Å². The van der Waals surface area contributed by atoms with Crippen molar-refractivity contribution in [3.63, 3.8) is 0 Å². The van der Waals surface area contributed by atoms with Crippen LogP contribution in [-0.2, 0) is 0 Å². The molecular formula is C13H19FN2O. The van der Waals surface area contributed by atoms with E-state index >= 15 is 0 Å². The Hall–Kier alpha value is -1.13. The molecular weight excluding hydrogens is 219 g/mol. The number of benzene rings is 1. The Labute approximate surface area is 101 Å². The van der Waals surface area contributed by atoms with Gasteiger partial charge in [0.15, 0.2) is 0 Å².